The molecule has 7 nitrogen and oxygen atoms in total. The number of H-pyrrole nitrogens is 1. The van der Waals surface area contributed by atoms with E-state index in [0.717, 1.165) is 37.6 Å². The number of amides is 1. The number of aromatic nitrogens is 3. The number of nitrogens with one attached hydrogen (secondary N) is 2. The third kappa shape index (κ3) is 4.49. The minimum Gasteiger partial charge on any atom is -0.495 e. The molecule has 3 rings (SSSR count). The zero-order valence-electron chi connectivity index (χ0n) is 14.4. The first-order chi connectivity index (χ1) is 12.0. The van der Waals surface area contributed by atoms with Gasteiger partial charge in [-0.3, -0.25) is 14.8 Å². The molecule has 0 bridgehead atoms. The van der Waals surface area contributed by atoms with E-state index in [1.54, 1.807) is 25.3 Å². The molecule has 1 aliphatic heterocycles. The van der Waals surface area contributed by atoms with Crippen LogP contribution in [0.2, 0.25) is 5.02 Å². The summed E-state index contributed by atoms with van der Waals surface area (Å²) in [7, 11) is 1.56. The highest BCUT2D eigenvalue weighted by Gasteiger charge is 2.25. The van der Waals surface area contributed by atoms with Gasteiger partial charge in [0.25, 0.3) is 0 Å². The van der Waals surface area contributed by atoms with E-state index in [0.29, 0.717) is 23.0 Å². The number of hydrogen-bond acceptors (Lipinski definition) is 5. The number of rotatable bonds is 5. The first kappa shape index (κ1) is 17.7. The first-order valence-corrected chi connectivity index (χ1v) is 8.67. The van der Waals surface area contributed by atoms with Crippen LogP contribution in [0, 0.1) is 6.92 Å². The van der Waals surface area contributed by atoms with Crippen LogP contribution < -0.4 is 10.1 Å². The van der Waals surface area contributed by atoms with E-state index >= 15 is 0 Å². The number of hydrogen-bond donors (Lipinski definition) is 2. The van der Waals surface area contributed by atoms with Crippen molar-refractivity contribution in [2.75, 3.05) is 32.1 Å². The van der Waals surface area contributed by atoms with Crippen LogP contribution in [0.5, 0.6) is 5.75 Å². The minimum atomic E-state index is -0.0620. The highest BCUT2D eigenvalue weighted by Crippen LogP contribution is 2.27. The van der Waals surface area contributed by atoms with Crippen LogP contribution in [0.15, 0.2) is 18.2 Å². The predicted octanol–water partition coefficient (Wildman–Crippen LogP) is 2.59. The molecule has 2 heterocycles. The molecule has 1 aromatic heterocycles. The quantitative estimate of drug-likeness (QED) is 0.853. The van der Waals surface area contributed by atoms with Gasteiger partial charge in [-0.05, 0) is 44.5 Å². The Morgan fingerprint density at radius 1 is 1.52 bits per heavy atom. The average Bonchev–Trinajstić information content (AvgIpc) is 3.02. The number of carbonyl (C=O) groups is 1. The Labute approximate surface area is 151 Å². The molecule has 1 saturated heterocycles. The molecule has 0 aliphatic carbocycles. The number of aromatic amines is 1. The van der Waals surface area contributed by atoms with E-state index in [-0.39, 0.29) is 11.8 Å². The fourth-order valence-electron chi connectivity index (χ4n) is 3.10. The van der Waals surface area contributed by atoms with Gasteiger partial charge in [-0.1, -0.05) is 11.6 Å². The molecule has 1 aliphatic rings. The number of halogens is 1. The normalized spacial score (nSPS) is 18.1. The predicted molar refractivity (Wildman–Crippen MR) is 96.2 cm³/mol. The van der Waals surface area contributed by atoms with Gasteiger partial charge in [0.05, 0.1) is 18.7 Å². The second-order valence-electron chi connectivity index (χ2n) is 6.25. The third-order valence-corrected chi connectivity index (χ3v) is 4.58. The Kier molecular flexibility index (Phi) is 5.55. The first-order valence-electron chi connectivity index (χ1n) is 8.30. The van der Waals surface area contributed by atoms with Gasteiger partial charge >= 0.3 is 0 Å². The zero-order valence-corrected chi connectivity index (χ0v) is 15.1. The van der Waals surface area contributed by atoms with Gasteiger partial charge in [0.2, 0.25) is 5.91 Å². The fraction of sp³-hybridized carbons (Fsp3) is 0.471. The van der Waals surface area contributed by atoms with Gasteiger partial charge in [0.1, 0.15) is 11.6 Å². The van der Waals surface area contributed by atoms with E-state index in [9.17, 15) is 4.79 Å². The maximum absolute atomic E-state index is 12.3. The topological polar surface area (TPSA) is 83.1 Å². The lowest BCUT2D eigenvalue weighted by Gasteiger charge is -2.30. The zero-order chi connectivity index (χ0) is 17.8. The molecule has 1 aromatic carbocycles. The number of aryl methyl sites for hydroxylation is 1. The van der Waals surface area contributed by atoms with Crippen molar-refractivity contribution in [1.82, 2.24) is 20.1 Å². The summed E-state index contributed by atoms with van der Waals surface area (Å²) >= 11 is 6.09. The summed E-state index contributed by atoms with van der Waals surface area (Å²) in [4.78, 5) is 18.9. The number of anilines is 1. The molecule has 1 atom stereocenters. The van der Waals surface area contributed by atoms with Crippen molar-refractivity contribution in [1.29, 1.82) is 0 Å². The van der Waals surface area contributed by atoms with Crippen LogP contribution >= 0.6 is 11.6 Å². The lowest BCUT2D eigenvalue weighted by atomic mass is 9.97. The highest BCUT2D eigenvalue weighted by molar-refractivity contribution is 6.32. The van der Waals surface area contributed by atoms with Crippen molar-refractivity contribution in [2.24, 2.45) is 0 Å². The summed E-state index contributed by atoms with van der Waals surface area (Å²) in [6, 6.07) is 5.20. The summed E-state index contributed by atoms with van der Waals surface area (Å²) in [5, 5.41) is 10.5. The molecular formula is C17H22ClN5O2. The molecule has 2 aromatic rings. The molecule has 134 valence electrons. The summed E-state index contributed by atoms with van der Waals surface area (Å²) in [6.45, 7) is 3.92. The van der Waals surface area contributed by atoms with Gasteiger partial charge in [-0.2, -0.15) is 5.10 Å². The molecule has 1 unspecified atom stereocenters. The lowest BCUT2D eigenvalue weighted by Crippen LogP contribution is -2.40. The molecule has 25 heavy (non-hydrogen) atoms. The number of piperidine rings is 1. The van der Waals surface area contributed by atoms with Crippen LogP contribution in [0.1, 0.15) is 30.4 Å². The standard InChI is InChI=1S/C17H22ClN5O2/c1-11-19-17(22-21-11)12-4-3-7-23(9-12)10-16(24)20-13-5-6-15(25-2)14(18)8-13/h5-6,8,12H,3-4,7,9-10H2,1-2H3,(H,20,24)(H,19,21,22). The molecule has 0 spiro atoms. The Bertz CT molecular complexity index is 748. The van der Waals surface area contributed by atoms with Gasteiger partial charge in [0, 0.05) is 18.2 Å². The molecule has 1 amide bonds. The number of methoxy groups -OCH3 is 1. The number of carbonyl (C=O) groups excluding carboxylic acids is 1. The number of likely N-dealkylation sites (tertiary alicyclic amines) is 1. The summed E-state index contributed by atoms with van der Waals surface area (Å²) < 4.78 is 5.11. The van der Waals surface area contributed by atoms with Gasteiger partial charge in [-0.15, -0.1) is 0 Å². The molecule has 0 saturated carbocycles. The van der Waals surface area contributed by atoms with E-state index in [1.165, 1.54) is 0 Å². The second kappa shape index (κ2) is 7.84. The van der Waals surface area contributed by atoms with E-state index in [1.807, 2.05) is 6.92 Å². The minimum absolute atomic E-state index is 0.0620. The molecule has 1 fully saturated rings. The van der Waals surface area contributed by atoms with Crippen LogP contribution in [0.4, 0.5) is 5.69 Å². The van der Waals surface area contributed by atoms with Crippen LogP contribution in [0.3, 0.4) is 0 Å². The van der Waals surface area contributed by atoms with E-state index < -0.39 is 0 Å². The largest absolute Gasteiger partial charge is 0.495 e. The Morgan fingerprint density at radius 3 is 3.04 bits per heavy atom. The number of ether oxygens (including phenoxy) is 1. The maximum Gasteiger partial charge on any atom is 0.238 e. The van der Waals surface area contributed by atoms with Crippen molar-refractivity contribution in [3.63, 3.8) is 0 Å². The van der Waals surface area contributed by atoms with Crippen molar-refractivity contribution in [3.05, 3.63) is 34.9 Å². The van der Waals surface area contributed by atoms with Gasteiger partial charge < -0.3 is 10.1 Å². The van der Waals surface area contributed by atoms with E-state index in [4.69, 9.17) is 16.3 Å². The lowest BCUT2D eigenvalue weighted by molar-refractivity contribution is -0.117. The fourth-order valence-corrected chi connectivity index (χ4v) is 3.36. The van der Waals surface area contributed by atoms with Crippen molar-refractivity contribution in [2.45, 2.75) is 25.7 Å². The number of benzene rings is 1. The van der Waals surface area contributed by atoms with Crippen molar-refractivity contribution in [3.8, 4) is 5.75 Å². The molecule has 2 N–H and O–H groups in total. The summed E-state index contributed by atoms with van der Waals surface area (Å²) in [5.74, 6) is 2.45. The van der Waals surface area contributed by atoms with Gasteiger partial charge in [-0.25, -0.2) is 4.98 Å². The van der Waals surface area contributed by atoms with Gasteiger partial charge in [0.15, 0.2) is 5.82 Å². The monoisotopic (exact) mass is 363 g/mol. The summed E-state index contributed by atoms with van der Waals surface area (Å²) in [6.07, 6.45) is 2.07. The SMILES string of the molecule is COc1ccc(NC(=O)CN2CCCC(c3n[nH]c(C)n3)C2)cc1Cl. The molecule has 8 heteroatoms. The van der Waals surface area contributed by atoms with Crippen LogP contribution in [0.25, 0.3) is 0 Å². The average molecular weight is 364 g/mol. The third-order valence-electron chi connectivity index (χ3n) is 4.29. The van der Waals surface area contributed by atoms with E-state index in [2.05, 4.69) is 25.4 Å². The number of nitrogens with zero attached hydrogens (tertiary/aromatic N) is 3. The summed E-state index contributed by atoms with van der Waals surface area (Å²) in [5.41, 5.74) is 0.661. The Balaban J connectivity index is 1.56. The molecule has 0 radical (unpaired) electrons. The van der Waals surface area contributed by atoms with Crippen LogP contribution in [-0.2, 0) is 4.79 Å². The Hall–Kier alpha value is -2.12. The van der Waals surface area contributed by atoms with Crippen molar-refractivity contribution >= 4 is 23.2 Å². The van der Waals surface area contributed by atoms with Crippen LogP contribution in [-0.4, -0.2) is 52.7 Å². The van der Waals surface area contributed by atoms with Crippen molar-refractivity contribution < 1.29 is 9.53 Å². The maximum atomic E-state index is 12.3. The second-order valence-corrected chi connectivity index (χ2v) is 6.66. The Morgan fingerprint density at radius 2 is 2.36 bits per heavy atom. The smallest absolute Gasteiger partial charge is 0.238 e. The highest BCUT2D eigenvalue weighted by atomic mass is 35.5. The molecular weight excluding hydrogens is 342 g/mol.